The summed E-state index contributed by atoms with van der Waals surface area (Å²) in [4.78, 5) is 21.6. The third-order valence-electron chi connectivity index (χ3n) is 2.08. The lowest BCUT2D eigenvalue weighted by Gasteiger charge is -2.02. The first-order chi connectivity index (χ1) is 8.16. The van der Waals surface area contributed by atoms with Crippen LogP contribution in [0, 0.1) is 10.1 Å². The number of nitro benzene ring substituents is 1. The molecule has 0 aliphatic carbocycles. The number of H-pyrrole nitrogens is 1. The average Bonchev–Trinajstić information content (AvgIpc) is 2.82. The third-order valence-corrected chi connectivity index (χ3v) is 2.08. The summed E-state index contributed by atoms with van der Waals surface area (Å²) in [5.41, 5.74) is 0.650. The van der Waals surface area contributed by atoms with Gasteiger partial charge in [-0.2, -0.15) is 5.10 Å². The van der Waals surface area contributed by atoms with E-state index in [1.807, 2.05) is 0 Å². The number of hydrogen-bond donors (Lipinski definition) is 2. The van der Waals surface area contributed by atoms with Crippen molar-refractivity contribution in [1.82, 2.24) is 10.2 Å². The number of carbonyl (C=O) groups excluding carboxylic acids is 1. The number of benzene rings is 1. The third kappa shape index (κ3) is 2.46. The van der Waals surface area contributed by atoms with Crippen LogP contribution < -0.4 is 5.32 Å². The maximum atomic E-state index is 11.6. The number of carbonyl (C=O) groups is 1. The Labute approximate surface area is 95.6 Å². The fourth-order valence-electron chi connectivity index (χ4n) is 1.28. The molecule has 0 spiro atoms. The Kier molecular flexibility index (Phi) is 2.82. The van der Waals surface area contributed by atoms with E-state index in [9.17, 15) is 14.9 Å². The number of aromatic nitrogens is 2. The number of rotatable bonds is 3. The lowest BCUT2D eigenvalue weighted by atomic mass is 10.2. The van der Waals surface area contributed by atoms with E-state index in [2.05, 4.69) is 15.5 Å². The van der Waals surface area contributed by atoms with Gasteiger partial charge >= 0.3 is 0 Å². The number of hydrogen-bond acceptors (Lipinski definition) is 4. The lowest BCUT2D eigenvalue weighted by Crippen LogP contribution is -2.10. The first-order valence-electron chi connectivity index (χ1n) is 4.71. The molecule has 0 aliphatic heterocycles. The molecule has 1 heterocycles. The van der Waals surface area contributed by atoms with Gasteiger partial charge in [0.1, 0.15) is 0 Å². The maximum absolute atomic E-state index is 11.6. The van der Waals surface area contributed by atoms with Crippen molar-refractivity contribution in [3.8, 4) is 0 Å². The zero-order chi connectivity index (χ0) is 12.3. The van der Waals surface area contributed by atoms with Gasteiger partial charge in [-0.15, -0.1) is 0 Å². The van der Waals surface area contributed by atoms with Gasteiger partial charge in [0.25, 0.3) is 11.6 Å². The van der Waals surface area contributed by atoms with Crippen molar-refractivity contribution in [2.45, 2.75) is 0 Å². The Morgan fingerprint density at radius 2 is 2.29 bits per heavy atom. The summed E-state index contributed by atoms with van der Waals surface area (Å²) in [5.74, 6) is -0.376. The molecule has 0 bridgehead atoms. The number of nitrogens with zero attached hydrogens (tertiary/aromatic N) is 2. The monoisotopic (exact) mass is 232 g/mol. The second kappa shape index (κ2) is 4.44. The van der Waals surface area contributed by atoms with Gasteiger partial charge in [0, 0.05) is 24.0 Å². The predicted molar refractivity (Wildman–Crippen MR) is 59.6 cm³/mol. The van der Waals surface area contributed by atoms with Crippen LogP contribution in [0.1, 0.15) is 10.4 Å². The number of non-ortho nitro benzene ring substituents is 1. The quantitative estimate of drug-likeness (QED) is 0.619. The van der Waals surface area contributed by atoms with Gasteiger partial charge in [-0.3, -0.25) is 20.0 Å². The Balaban J connectivity index is 2.16. The molecule has 0 aliphatic rings. The van der Waals surface area contributed by atoms with E-state index < -0.39 is 4.92 Å². The van der Waals surface area contributed by atoms with E-state index in [-0.39, 0.29) is 11.6 Å². The molecule has 17 heavy (non-hydrogen) atoms. The summed E-state index contributed by atoms with van der Waals surface area (Å²) in [5, 5.41) is 19.2. The van der Waals surface area contributed by atoms with Crippen molar-refractivity contribution in [3.63, 3.8) is 0 Å². The second-order valence-corrected chi connectivity index (χ2v) is 3.25. The smallest absolute Gasteiger partial charge is 0.271 e. The van der Waals surface area contributed by atoms with Crippen LogP contribution in [0.3, 0.4) is 0 Å². The highest BCUT2D eigenvalue weighted by atomic mass is 16.6. The van der Waals surface area contributed by atoms with Gasteiger partial charge in [0.15, 0.2) is 0 Å². The molecule has 7 heteroatoms. The number of nitrogens with one attached hydrogen (secondary N) is 2. The van der Waals surface area contributed by atoms with Crippen LogP contribution in [-0.4, -0.2) is 21.0 Å². The Morgan fingerprint density at radius 1 is 1.47 bits per heavy atom. The SMILES string of the molecule is O=C(Nc1cccc([N+](=O)[O-])c1)c1cn[nH]c1. The van der Waals surface area contributed by atoms with Crippen LogP contribution in [0.5, 0.6) is 0 Å². The molecule has 2 N–H and O–H groups in total. The van der Waals surface area contributed by atoms with Crippen molar-refractivity contribution in [2.75, 3.05) is 5.32 Å². The van der Waals surface area contributed by atoms with Gasteiger partial charge in [-0.25, -0.2) is 0 Å². The van der Waals surface area contributed by atoms with E-state index in [0.29, 0.717) is 11.3 Å². The van der Waals surface area contributed by atoms with E-state index in [1.54, 1.807) is 6.07 Å². The fourth-order valence-corrected chi connectivity index (χ4v) is 1.28. The molecule has 2 aromatic rings. The molecule has 86 valence electrons. The van der Waals surface area contributed by atoms with Crippen LogP contribution in [-0.2, 0) is 0 Å². The molecule has 0 unspecified atom stereocenters. The van der Waals surface area contributed by atoms with E-state index in [1.165, 1.54) is 30.6 Å². The molecule has 0 fully saturated rings. The van der Waals surface area contributed by atoms with Crippen molar-refractivity contribution in [1.29, 1.82) is 0 Å². The molecule has 0 atom stereocenters. The van der Waals surface area contributed by atoms with Crippen molar-refractivity contribution >= 4 is 17.3 Å². The standard InChI is InChI=1S/C10H8N4O3/c15-10(7-5-11-12-6-7)13-8-2-1-3-9(4-8)14(16)17/h1-6H,(H,11,12)(H,13,15). The Hall–Kier alpha value is -2.70. The summed E-state index contributed by atoms with van der Waals surface area (Å²) < 4.78 is 0. The normalized spacial score (nSPS) is 9.88. The summed E-state index contributed by atoms with van der Waals surface area (Å²) in [7, 11) is 0. The molecule has 0 saturated heterocycles. The highest BCUT2D eigenvalue weighted by molar-refractivity contribution is 6.04. The van der Waals surface area contributed by atoms with Gasteiger partial charge in [0.2, 0.25) is 0 Å². The Morgan fingerprint density at radius 3 is 2.94 bits per heavy atom. The second-order valence-electron chi connectivity index (χ2n) is 3.25. The molecule has 1 aromatic carbocycles. The van der Waals surface area contributed by atoms with Crippen LogP contribution in [0.2, 0.25) is 0 Å². The van der Waals surface area contributed by atoms with Gasteiger partial charge in [-0.1, -0.05) is 6.07 Å². The van der Waals surface area contributed by atoms with Gasteiger partial charge < -0.3 is 5.32 Å². The topological polar surface area (TPSA) is 101 Å². The molecule has 0 radical (unpaired) electrons. The zero-order valence-electron chi connectivity index (χ0n) is 8.58. The minimum atomic E-state index is -0.520. The Bertz CT molecular complexity index is 550. The number of amides is 1. The van der Waals surface area contributed by atoms with Crippen molar-refractivity contribution < 1.29 is 9.72 Å². The minimum Gasteiger partial charge on any atom is -0.322 e. The van der Waals surface area contributed by atoms with Gasteiger partial charge in [0.05, 0.1) is 16.7 Å². The van der Waals surface area contributed by atoms with E-state index >= 15 is 0 Å². The van der Waals surface area contributed by atoms with Crippen LogP contribution in [0.15, 0.2) is 36.7 Å². The molecular formula is C10H8N4O3. The largest absolute Gasteiger partial charge is 0.322 e. The van der Waals surface area contributed by atoms with Crippen LogP contribution >= 0.6 is 0 Å². The maximum Gasteiger partial charge on any atom is 0.271 e. The minimum absolute atomic E-state index is 0.0741. The molecule has 1 amide bonds. The summed E-state index contributed by atoms with van der Waals surface area (Å²) >= 11 is 0. The predicted octanol–water partition coefficient (Wildman–Crippen LogP) is 1.57. The van der Waals surface area contributed by atoms with E-state index in [4.69, 9.17) is 0 Å². The summed E-state index contributed by atoms with van der Waals surface area (Å²) in [6, 6.07) is 5.72. The first-order valence-corrected chi connectivity index (χ1v) is 4.71. The summed E-state index contributed by atoms with van der Waals surface area (Å²) in [6.45, 7) is 0. The van der Waals surface area contributed by atoms with Crippen LogP contribution in [0.25, 0.3) is 0 Å². The van der Waals surface area contributed by atoms with E-state index in [0.717, 1.165) is 0 Å². The van der Waals surface area contributed by atoms with Crippen molar-refractivity contribution in [2.24, 2.45) is 0 Å². The first kappa shape index (κ1) is 10.8. The molecule has 7 nitrogen and oxygen atoms in total. The summed E-state index contributed by atoms with van der Waals surface area (Å²) in [6.07, 6.45) is 2.80. The van der Waals surface area contributed by atoms with Crippen LogP contribution in [0.4, 0.5) is 11.4 Å². The van der Waals surface area contributed by atoms with Crippen molar-refractivity contribution in [3.05, 3.63) is 52.3 Å². The average molecular weight is 232 g/mol. The zero-order valence-corrected chi connectivity index (χ0v) is 8.58. The highest BCUT2D eigenvalue weighted by Gasteiger charge is 2.10. The number of anilines is 1. The highest BCUT2D eigenvalue weighted by Crippen LogP contribution is 2.17. The molecule has 1 aromatic heterocycles. The molecular weight excluding hydrogens is 224 g/mol. The number of aromatic amines is 1. The lowest BCUT2D eigenvalue weighted by molar-refractivity contribution is -0.384. The molecule has 2 rings (SSSR count). The van der Waals surface area contributed by atoms with Gasteiger partial charge in [-0.05, 0) is 6.07 Å². The fraction of sp³-hybridized carbons (Fsp3) is 0. The molecule has 0 saturated carbocycles. The number of nitro groups is 1.